The molecule has 0 spiro atoms. The molecule has 23 heavy (non-hydrogen) atoms. The van der Waals surface area contributed by atoms with Crippen molar-refractivity contribution in [1.82, 2.24) is 5.32 Å². The van der Waals surface area contributed by atoms with E-state index in [-0.39, 0.29) is 17.6 Å². The summed E-state index contributed by atoms with van der Waals surface area (Å²) in [5, 5.41) is 2.63. The second-order valence-corrected chi connectivity index (χ2v) is 5.35. The van der Waals surface area contributed by atoms with Gasteiger partial charge in [0.1, 0.15) is 11.8 Å². The van der Waals surface area contributed by atoms with Crippen LogP contribution in [-0.2, 0) is 9.59 Å². The van der Waals surface area contributed by atoms with E-state index in [0.29, 0.717) is 25.1 Å². The lowest BCUT2D eigenvalue weighted by Gasteiger charge is -2.33. The lowest BCUT2D eigenvalue weighted by molar-refractivity contribution is -0.128. The number of carbonyl (C=O) groups excluding carboxylic acids is 2. The van der Waals surface area contributed by atoms with Gasteiger partial charge in [-0.3, -0.25) is 9.59 Å². The maximum Gasteiger partial charge on any atom is 0.387 e. The lowest BCUT2D eigenvalue weighted by Crippen LogP contribution is -2.55. The SMILES string of the molecule is C[C@H](N)C(=O)NC1CCCN(c2ccc(OC(F)F)cc2)C1=O. The van der Waals surface area contributed by atoms with Crippen molar-refractivity contribution >= 4 is 17.5 Å². The molecule has 0 saturated carbocycles. The molecule has 3 N–H and O–H groups in total. The Balaban J connectivity index is 2.07. The number of alkyl halides is 2. The highest BCUT2D eigenvalue weighted by atomic mass is 19.3. The zero-order chi connectivity index (χ0) is 17.0. The molecule has 1 aromatic rings. The van der Waals surface area contributed by atoms with Crippen molar-refractivity contribution in [3.63, 3.8) is 0 Å². The zero-order valence-corrected chi connectivity index (χ0v) is 12.7. The summed E-state index contributed by atoms with van der Waals surface area (Å²) in [5.74, 6) is -0.603. The Morgan fingerprint density at radius 2 is 2.04 bits per heavy atom. The van der Waals surface area contributed by atoms with Gasteiger partial charge < -0.3 is 20.7 Å². The number of anilines is 1. The van der Waals surface area contributed by atoms with Crippen molar-refractivity contribution < 1.29 is 23.1 Å². The first kappa shape index (κ1) is 17.1. The average molecular weight is 327 g/mol. The van der Waals surface area contributed by atoms with Crippen molar-refractivity contribution in [2.75, 3.05) is 11.4 Å². The predicted octanol–water partition coefficient (Wildman–Crippen LogP) is 1.25. The summed E-state index contributed by atoms with van der Waals surface area (Å²) < 4.78 is 28.6. The number of nitrogens with two attached hydrogens (primary N) is 1. The summed E-state index contributed by atoms with van der Waals surface area (Å²) in [6, 6.07) is 4.50. The molecular formula is C15H19F2N3O3. The molecule has 6 nitrogen and oxygen atoms in total. The number of rotatable bonds is 5. The molecule has 1 aliphatic rings. The molecule has 0 aromatic heterocycles. The van der Waals surface area contributed by atoms with Gasteiger partial charge in [-0.15, -0.1) is 0 Å². The van der Waals surface area contributed by atoms with Crippen molar-refractivity contribution in [3.8, 4) is 5.75 Å². The second kappa shape index (κ2) is 7.36. The van der Waals surface area contributed by atoms with Crippen molar-refractivity contribution in [1.29, 1.82) is 0 Å². The Morgan fingerprint density at radius 1 is 1.39 bits per heavy atom. The van der Waals surface area contributed by atoms with Gasteiger partial charge in [0, 0.05) is 12.2 Å². The minimum atomic E-state index is -2.89. The van der Waals surface area contributed by atoms with Crippen molar-refractivity contribution in [2.45, 2.75) is 38.5 Å². The summed E-state index contributed by atoms with van der Waals surface area (Å²) in [5.41, 5.74) is 6.05. The predicted molar refractivity (Wildman–Crippen MR) is 80.2 cm³/mol. The first-order valence-electron chi connectivity index (χ1n) is 7.30. The molecule has 0 aliphatic carbocycles. The van der Waals surface area contributed by atoms with E-state index >= 15 is 0 Å². The molecular weight excluding hydrogens is 308 g/mol. The van der Waals surface area contributed by atoms with Gasteiger partial charge in [-0.2, -0.15) is 8.78 Å². The van der Waals surface area contributed by atoms with Crippen LogP contribution in [0.25, 0.3) is 0 Å². The zero-order valence-electron chi connectivity index (χ0n) is 12.7. The van der Waals surface area contributed by atoms with Gasteiger partial charge >= 0.3 is 6.61 Å². The Labute approximate surface area is 132 Å². The van der Waals surface area contributed by atoms with Crippen LogP contribution in [0.5, 0.6) is 5.75 Å². The molecule has 2 atom stereocenters. The van der Waals surface area contributed by atoms with Gasteiger partial charge in [-0.1, -0.05) is 0 Å². The van der Waals surface area contributed by atoms with E-state index in [2.05, 4.69) is 10.1 Å². The molecule has 126 valence electrons. The Hall–Kier alpha value is -2.22. The number of nitrogens with one attached hydrogen (secondary N) is 1. The number of halogens is 2. The number of carbonyl (C=O) groups is 2. The van der Waals surface area contributed by atoms with E-state index in [0.717, 1.165) is 0 Å². The normalized spacial score (nSPS) is 19.6. The van der Waals surface area contributed by atoms with E-state index in [9.17, 15) is 18.4 Å². The van der Waals surface area contributed by atoms with Crippen LogP contribution in [0.4, 0.5) is 14.5 Å². The Morgan fingerprint density at radius 3 is 2.61 bits per heavy atom. The van der Waals surface area contributed by atoms with Crippen LogP contribution in [-0.4, -0.2) is 37.1 Å². The molecule has 1 saturated heterocycles. The van der Waals surface area contributed by atoms with Crippen LogP contribution >= 0.6 is 0 Å². The summed E-state index contributed by atoms with van der Waals surface area (Å²) >= 11 is 0. The fourth-order valence-corrected chi connectivity index (χ4v) is 2.38. The van der Waals surface area contributed by atoms with Gasteiger partial charge in [0.2, 0.25) is 11.8 Å². The highest BCUT2D eigenvalue weighted by Gasteiger charge is 2.31. The lowest BCUT2D eigenvalue weighted by atomic mass is 10.0. The Bertz CT molecular complexity index is 564. The first-order valence-corrected chi connectivity index (χ1v) is 7.30. The van der Waals surface area contributed by atoms with Gasteiger partial charge in [-0.05, 0) is 44.0 Å². The number of hydrogen-bond donors (Lipinski definition) is 2. The van der Waals surface area contributed by atoms with Crippen LogP contribution in [0, 0.1) is 0 Å². The van der Waals surface area contributed by atoms with Gasteiger partial charge in [0.05, 0.1) is 6.04 Å². The van der Waals surface area contributed by atoms with Gasteiger partial charge in [-0.25, -0.2) is 0 Å². The highest BCUT2D eigenvalue weighted by Crippen LogP contribution is 2.24. The monoisotopic (exact) mass is 327 g/mol. The number of nitrogens with zero attached hydrogens (tertiary/aromatic N) is 1. The molecule has 8 heteroatoms. The number of benzene rings is 1. The van der Waals surface area contributed by atoms with E-state index < -0.39 is 18.7 Å². The standard InChI is InChI=1S/C15H19F2N3O3/c1-9(18)13(21)19-12-3-2-8-20(14(12)22)10-4-6-11(7-5-10)23-15(16)17/h4-7,9,12,15H,2-3,8,18H2,1H3,(H,19,21)/t9-,12?/m0/s1. The van der Waals surface area contributed by atoms with Crippen molar-refractivity contribution in [2.24, 2.45) is 5.73 Å². The maximum absolute atomic E-state index is 12.5. The number of amides is 2. The molecule has 1 heterocycles. The van der Waals surface area contributed by atoms with E-state index in [1.807, 2.05) is 0 Å². The van der Waals surface area contributed by atoms with Gasteiger partial charge in [0.15, 0.2) is 0 Å². The van der Waals surface area contributed by atoms with Gasteiger partial charge in [0.25, 0.3) is 0 Å². The van der Waals surface area contributed by atoms with Crippen LogP contribution in [0.1, 0.15) is 19.8 Å². The summed E-state index contributed by atoms with van der Waals surface area (Å²) in [6.07, 6.45) is 1.26. The number of hydrogen-bond acceptors (Lipinski definition) is 4. The Kier molecular flexibility index (Phi) is 5.49. The third-order valence-corrected chi connectivity index (χ3v) is 3.54. The molecule has 2 rings (SSSR count). The van der Waals surface area contributed by atoms with Crippen LogP contribution in [0.3, 0.4) is 0 Å². The second-order valence-electron chi connectivity index (χ2n) is 5.35. The fourth-order valence-electron chi connectivity index (χ4n) is 2.38. The fraction of sp³-hybridized carbons (Fsp3) is 0.467. The topological polar surface area (TPSA) is 84.7 Å². The minimum Gasteiger partial charge on any atom is -0.435 e. The van der Waals surface area contributed by atoms with Crippen LogP contribution < -0.4 is 20.7 Å². The summed E-state index contributed by atoms with van der Waals surface area (Å²) in [6.45, 7) is -0.851. The molecule has 1 fully saturated rings. The third-order valence-electron chi connectivity index (χ3n) is 3.54. The number of piperidine rings is 1. The third kappa shape index (κ3) is 4.38. The quantitative estimate of drug-likeness (QED) is 0.852. The molecule has 1 aromatic carbocycles. The molecule has 2 amide bonds. The summed E-state index contributed by atoms with van der Waals surface area (Å²) in [7, 11) is 0. The average Bonchev–Trinajstić information content (AvgIpc) is 2.49. The first-order chi connectivity index (χ1) is 10.9. The van der Waals surface area contributed by atoms with Crippen LogP contribution in [0.15, 0.2) is 24.3 Å². The van der Waals surface area contributed by atoms with E-state index in [4.69, 9.17) is 5.73 Å². The van der Waals surface area contributed by atoms with Crippen molar-refractivity contribution in [3.05, 3.63) is 24.3 Å². The van der Waals surface area contributed by atoms with E-state index in [1.54, 1.807) is 6.92 Å². The molecule has 1 aliphatic heterocycles. The van der Waals surface area contributed by atoms with Crippen LogP contribution in [0.2, 0.25) is 0 Å². The minimum absolute atomic E-state index is 0.0232. The molecule has 0 radical (unpaired) electrons. The largest absolute Gasteiger partial charge is 0.435 e. The van der Waals surface area contributed by atoms with E-state index in [1.165, 1.54) is 29.2 Å². The smallest absolute Gasteiger partial charge is 0.387 e. The maximum atomic E-state index is 12.5. The highest BCUT2D eigenvalue weighted by molar-refractivity contribution is 6.00. The number of ether oxygens (including phenoxy) is 1. The molecule has 1 unspecified atom stereocenters. The molecule has 0 bridgehead atoms. The summed E-state index contributed by atoms with van der Waals surface area (Å²) in [4.78, 5) is 25.6.